The number of nitrogens with zero attached hydrogens (tertiary/aromatic N) is 2. The minimum Gasteiger partial charge on any atom is -0.352 e. The van der Waals surface area contributed by atoms with Gasteiger partial charge in [-0.15, -0.1) is 0 Å². The van der Waals surface area contributed by atoms with Crippen molar-refractivity contribution in [3.8, 4) is 0 Å². The van der Waals surface area contributed by atoms with Crippen LogP contribution in [-0.4, -0.2) is 50.0 Å². The van der Waals surface area contributed by atoms with Gasteiger partial charge in [-0.1, -0.05) is 96.0 Å². The highest BCUT2D eigenvalue weighted by atomic mass is 35.5. The Balaban J connectivity index is 1.80. The number of carbonyl (C=O) groups is 2. The Labute approximate surface area is 257 Å². The number of fused-ring (bicyclic) bond motifs is 1. The van der Waals surface area contributed by atoms with Gasteiger partial charge in [0.05, 0.1) is 22.0 Å². The van der Waals surface area contributed by atoms with Crippen molar-refractivity contribution in [2.45, 2.75) is 38.9 Å². The predicted molar refractivity (Wildman–Crippen MR) is 170 cm³/mol. The zero-order valence-corrected chi connectivity index (χ0v) is 26.0. The van der Waals surface area contributed by atoms with E-state index in [0.29, 0.717) is 26.7 Å². The van der Waals surface area contributed by atoms with Crippen LogP contribution in [0.15, 0.2) is 91.0 Å². The van der Waals surface area contributed by atoms with Crippen LogP contribution in [0.1, 0.15) is 25.0 Å². The molecule has 0 heterocycles. The highest BCUT2D eigenvalue weighted by molar-refractivity contribution is 7.92. The number of nitrogens with one attached hydrogen (secondary N) is 1. The molecule has 0 fully saturated rings. The Morgan fingerprint density at radius 2 is 1.50 bits per heavy atom. The van der Waals surface area contributed by atoms with Crippen molar-refractivity contribution in [2.75, 3.05) is 17.1 Å². The highest BCUT2D eigenvalue weighted by Gasteiger charge is 2.33. The SMILES string of the molecule is CC(C)NC(=O)C(Cc1ccccc1)N(Cc1ccc(Cl)c(Cl)c1)C(=O)CN(c1cccc2ccccc12)S(C)(=O)=O. The number of hydrogen-bond acceptors (Lipinski definition) is 4. The summed E-state index contributed by atoms with van der Waals surface area (Å²) in [6.07, 6.45) is 1.29. The number of amides is 2. The van der Waals surface area contributed by atoms with E-state index in [-0.39, 0.29) is 24.9 Å². The molecule has 0 radical (unpaired) electrons. The molecule has 4 aromatic carbocycles. The Morgan fingerprint density at radius 1 is 0.833 bits per heavy atom. The molecule has 0 aliphatic carbocycles. The van der Waals surface area contributed by atoms with Gasteiger partial charge in [-0.25, -0.2) is 8.42 Å². The summed E-state index contributed by atoms with van der Waals surface area (Å²) in [5.74, 6) is -0.891. The molecular formula is C32H33Cl2N3O4S. The fourth-order valence-corrected chi connectivity index (χ4v) is 5.97. The van der Waals surface area contributed by atoms with Crippen LogP contribution in [0.5, 0.6) is 0 Å². The second-order valence-corrected chi connectivity index (χ2v) is 13.1. The summed E-state index contributed by atoms with van der Waals surface area (Å²) in [6.45, 7) is 3.18. The molecule has 1 atom stereocenters. The maximum absolute atomic E-state index is 14.3. The van der Waals surface area contributed by atoms with Gasteiger partial charge in [0.25, 0.3) is 0 Å². The topological polar surface area (TPSA) is 86.8 Å². The molecule has 42 heavy (non-hydrogen) atoms. The number of sulfonamides is 1. The zero-order chi connectivity index (χ0) is 30.4. The summed E-state index contributed by atoms with van der Waals surface area (Å²) in [5.41, 5.74) is 1.87. The molecule has 220 valence electrons. The van der Waals surface area contributed by atoms with Gasteiger partial charge in [-0.2, -0.15) is 0 Å². The normalized spacial score (nSPS) is 12.2. The molecule has 7 nitrogen and oxygen atoms in total. The lowest BCUT2D eigenvalue weighted by Gasteiger charge is -2.34. The van der Waals surface area contributed by atoms with Gasteiger partial charge in [0.15, 0.2) is 0 Å². The molecule has 4 rings (SSSR count). The van der Waals surface area contributed by atoms with E-state index in [1.807, 2.05) is 74.5 Å². The molecule has 0 saturated heterocycles. The van der Waals surface area contributed by atoms with Crippen molar-refractivity contribution < 1.29 is 18.0 Å². The fourth-order valence-electron chi connectivity index (χ4n) is 4.79. The third-order valence-electron chi connectivity index (χ3n) is 6.75. The minimum atomic E-state index is -3.90. The number of hydrogen-bond donors (Lipinski definition) is 1. The lowest BCUT2D eigenvalue weighted by atomic mass is 10.0. The summed E-state index contributed by atoms with van der Waals surface area (Å²) in [7, 11) is -3.90. The molecule has 0 aromatic heterocycles. The van der Waals surface area contributed by atoms with E-state index >= 15 is 0 Å². The number of carbonyl (C=O) groups excluding carboxylic acids is 2. The van der Waals surface area contributed by atoms with E-state index in [2.05, 4.69) is 5.32 Å². The second-order valence-electron chi connectivity index (χ2n) is 10.4. The van der Waals surface area contributed by atoms with Gasteiger partial charge < -0.3 is 10.2 Å². The highest BCUT2D eigenvalue weighted by Crippen LogP contribution is 2.29. The third-order valence-corrected chi connectivity index (χ3v) is 8.62. The lowest BCUT2D eigenvalue weighted by Crippen LogP contribution is -2.54. The molecule has 1 unspecified atom stereocenters. The smallest absolute Gasteiger partial charge is 0.244 e. The summed E-state index contributed by atoms with van der Waals surface area (Å²) in [5, 5.41) is 5.12. The largest absolute Gasteiger partial charge is 0.352 e. The van der Waals surface area contributed by atoms with E-state index in [1.54, 1.807) is 30.3 Å². The number of rotatable bonds is 11. The molecule has 4 aromatic rings. The van der Waals surface area contributed by atoms with Gasteiger partial charge >= 0.3 is 0 Å². The Bertz CT molecular complexity index is 1670. The molecule has 1 N–H and O–H groups in total. The molecule has 0 bridgehead atoms. The lowest BCUT2D eigenvalue weighted by molar-refractivity contribution is -0.140. The second kappa shape index (κ2) is 13.6. The van der Waals surface area contributed by atoms with Crippen molar-refractivity contribution in [3.63, 3.8) is 0 Å². The maximum atomic E-state index is 14.3. The van der Waals surface area contributed by atoms with Gasteiger partial charge in [0.2, 0.25) is 21.8 Å². The van der Waals surface area contributed by atoms with Crippen LogP contribution in [-0.2, 0) is 32.6 Å². The summed E-state index contributed by atoms with van der Waals surface area (Å²) in [6, 6.07) is 25.9. The first kappa shape index (κ1) is 31.3. The molecular weight excluding hydrogens is 593 g/mol. The van der Waals surface area contributed by atoms with E-state index in [9.17, 15) is 18.0 Å². The van der Waals surface area contributed by atoms with Crippen molar-refractivity contribution in [1.29, 1.82) is 0 Å². The summed E-state index contributed by atoms with van der Waals surface area (Å²) < 4.78 is 27.4. The van der Waals surface area contributed by atoms with Crippen molar-refractivity contribution in [1.82, 2.24) is 10.2 Å². The van der Waals surface area contributed by atoms with Crippen LogP contribution in [0.2, 0.25) is 10.0 Å². The molecule has 10 heteroatoms. The predicted octanol–water partition coefficient (Wildman–Crippen LogP) is 6.08. The van der Waals surface area contributed by atoms with Crippen LogP contribution in [0.25, 0.3) is 10.8 Å². The van der Waals surface area contributed by atoms with E-state index in [0.717, 1.165) is 21.5 Å². The fraction of sp³-hybridized carbons (Fsp3) is 0.250. The van der Waals surface area contributed by atoms with E-state index in [1.165, 1.54) is 4.90 Å². The van der Waals surface area contributed by atoms with Gasteiger partial charge in [0, 0.05) is 24.4 Å². The van der Waals surface area contributed by atoms with Crippen molar-refractivity contribution in [3.05, 3.63) is 112 Å². The zero-order valence-electron chi connectivity index (χ0n) is 23.6. The first-order valence-corrected chi connectivity index (χ1v) is 16.1. The first-order chi connectivity index (χ1) is 19.9. The Morgan fingerprint density at radius 3 is 2.17 bits per heavy atom. The third kappa shape index (κ3) is 7.82. The Hall–Kier alpha value is -3.59. The van der Waals surface area contributed by atoms with Gasteiger partial charge in [-0.05, 0) is 48.6 Å². The maximum Gasteiger partial charge on any atom is 0.244 e. The molecule has 0 spiro atoms. The van der Waals surface area contributed by atoms with Gasteiger partial charge in [0.1, 0.15) is 12.6 Å². The van der Waals surface area contributed by atoms with Crippen LogP contribution in [0, 0.1) is 0 Å². The molecule has 0 aliphatic rings. The Kier molecular flexibility index (Phi) is 10.1. The molecule has 2 amide bonds. The summed E-state index contributed by atoms with van der Waals surface area (Å²) >= 11 is 12.4. The number of benzene rings is 4. The minimum absolute atomic E-state index is 0.00583. The van der Waals surface area contributed by atoms with Crippen LogP contribution in [0.3, 0.4) is 0 Å². The quantitative estimate of drug-likeness (QED) is 0.219. The molecule has 0 aliphatic heterocycles. The first-order valence-electron chi connectivity index (χ1n) is 13.5. The number of halogens is 2. The van der Waals surface area contributed by atoms with Gasteiger partial charge in [-0.3, -0.25) is 13.9 Å². The van der Waals surface area contributed by atoms with Crippen LogP contribution < -0.4 is 9.62 Å². The van der Waals surface area contributed by atoms with Crippen molar-refractivity contribution in [2.24, 2.45) is 0 Å². The number of anilines is 1. The van der Waals surface area contributed by atoms with E-state index < -0.39 is 28.5 Å². The standard InChI is InChI=1S/C32H33Cl2N3O4S/c1-22(2)35-32(39)30(19-23-10-5-4-6-11-23)36(20-24-16-17-27(33)28(34)18-24)31(38)21-37(42(3,40)41)29-15-9-13-25-12-7-8-14-26(25)29/h4-18,22,30H,19-21H2,1-3H3,(H,35,39). The average Bonchev–Trinajstić information content (AvgIpc) is 2.94. The van der Waals surface area contributed by atoms with Crippen LogP contribution >= 0.6 is 23.2 Å². The van der Waals surface area contributed by atoms with Crippen LogP contribution in [0.4, 0.5) is 5.69 Å². The summed E-state index contributed by atoms with van der Waals surface area (Å²) in [4.78, 5) is 29.4. The average molecular weight is 627 g/mol. The van der Waals surface area contributed by atoms with Crippen molar-refractivity contribution >= 4 is 61.5 Å². The van der Waals surface area contributed by atoms with E-state index in [4.69, 9.17) is 23.2 Å². The monoisotopic (exact) mass is 625 g/mol. The molecule has 0 saturated carbocycles.